The summed E-state index contributed by atoms with van der Waals surface area (Å²) in [5, 5.41) is 9.02. The second-order valence-corrected chi connectivity index (χ2v) is 6.14. The molecule has 5 heteroatoms. The lowest BCUT2D eigenvalue weighted by Gasteiger charge is -2.21. The van der Waals surface area contributed by atoms with E-state index in [0.717, 1.165) is 12.1 Å². The fourth-order valence-corrected chi connectivity index (χ4v) is 2.14. The molecule has 0 bridgehead atoms. The number of ether oxygens (including phenoxy) is 1. The summed E-state index contributed by atoms with van der Waals surface area (Å²) in [7, 11) is 0. The molecule has 1 rings (SSSR count). The first-order valence-electron chi connectivity index (χ1n) is 7.61. The van der Waals surface area contributed by atoms with Gasteiger partial charge in [-0.3, -0.25) is 9.36 Å². The standard InChI is InChI=1S/C17H24N2O3/c1-11(2)8-9-22-17(21)13(5)19-15(12(3)4)7-6-14(10-18)16(19)20/h6-7,11-13H,8-9H2,1-5H3. The monoisotopic (exact) mass is 304 g/mol. The number of esters is 1. The van der Waals surface area contributed by atoms with Crippen LogP contribution in [-0.4, -0.2) is 17.1 Å². The topological polar surface area (TPSA) is 72.1 Å². The van der Waals surface area contributed by atoms with Crippen LogP contribution in [0.2, 0.25) is 0 Å². The third kappa shape index (κ3) is 4.20. The molecule has 5 nitrogen and oxygen atoms in total. The quantitative estimate of drug-likeness (QED) is 0.757. The van der Waals surface area contributed by atoms with Gasteiger partial charge < -0.3 is 4.74 Å². The molecule has 1 aromatic heterocycles. The lowest BCUT2D eigenvalue weighted by molar-refractivity contribution is -0.147. The number of nitriles is 1. The van der Waals surface area contributed by atoms with Crippen molar-refractivity contribution in [2.24, 2.45) is 5.92 Å². The highest BCUT2D eigenvalue weighted by Crippen LogP contribution is 2.18. The highest BCUT2D eigenvalue weighted by molar-refractivity contribution is 5.74. The van der Waals surface area contributed by atoms with Gasteiger partial charge in [-0.05, 0) is 37.3 Å². The largest absolute Gasteiger partial charge is 0.464 e. The van der Waals surface area contributed by atoms with Crippen LogP contribution in [0.25, 0.3) is 0 Å². The molecule has 0 N–H and O–H groups in total. The van der Waals surface area contributed by atoms with Crippen molar-refractivity contribution in [3.8, 4) is 6.07 Å². The smallest absolute Gasteiger partial charge is 0.328 e. The molecule has 120 valence electrons. The molecule has 0 aromatic carbocycles. The van der Waals surface area contributed by atoms with E-state index < -0.39 is 17.6 Å². The van der Waals surface area contributed by atoms with Crippen LogP contribution < -0.4 is 5.56 Å². The van der Waals surface area contributed by atoms with Crippen LogP contribution >= 0.6 is 0 Å². The number of carbonyl (C=O) groups excluding carboxylic acids is 1. The van der Waals surface area contributed by atoms with E-state index in [-0.39, 0.29) is 11.5 Å². The molecule has 0 radical (unpaired) electrons. The van der Waals surface area contributed by atoms with Gasteiger partial charge in [0, 0.05) is 5.69 Å². The molecular formula is C17H24N2O3. The Morgan fingerprint density at radius 2 is 1.91 bits per heavy atom. The van der Waals surface area contributed by atoms with Crippen molar-refractivity contribution < 1.29 is 9.53 Å². The van der Waals surface area contributed by atoms with Gasteiger partial charge in [-0.1, -0.05) is 27.7 Å². The molecule has 1 atom stereocenters. The third-order valence-corrected chi connectivity index (χ3v) is 3.53. The molecule has 0 saturated heterocycles. The van der Waals surface area contributed by atoms with Crippen molar-refractivity contribution in [1.29, 1.82) is 5.26 Å². The Labute approximate surface area is 131 Å². The summed E-state index contributed by atoms with van der Waals surface area (Å²) in [6.07, 6.45) is 0.780. The average Bonchev–Trinajstić information content (AvgIpc) is 2.45. The van der Waals surface area contributed by atoms with Crippen LogP contribution in [0.3, 0.4) is 0 Å². The number of nitrogens with zero attached hydrogens (tertiary/aromatic N) is 2. The van der Waals surface area contributed by atoms with Gasteiger partial charge in [-0.25, -0.2) is 4.79 Å². The molecule has 22 heavy (non-hydrogen) atoms. The zero-order chi connectivity index (χ0) is 16.9. The fourth-order valence-electron chi connectivity index (χ4n) is 2.14. The predicted molar refractivity (Wildman–Crippen MR) is 84.6 cm³/mol. The normalized spacial score (nSPS) is 12.3. The number of aromatic nitrogens is 1. The summed E-state index contributed by atoms with van der Waals surface area (Å²) in [6, 6.07) is 4.35. The van der Waals surface area contributed by atoms with Gasteiger partial charge in [0.25, 0.3) is 5.56 Å². The molecular weight excluding hydrogens is 280 g/mol. The predicted octanol–water partition coefficient (Wildman–Crippen LogP) is 2.99. The number of hydrogen-bond donors (Lipinski definition) is 0. The van der Waals surface area contributed by atoms with Crippen LogP contribution in [0, 0.1) is 17.2 Å². The zero-order valence-corrected chi connectivity index (χ0v) is 13.9. The van der Waals surface area contributed by atoms with Gasteiger partial charge in [0.1, 0.15) is 17.7 Å². The van der Waals surface area contributed by atoms with Crippen molar-refractivity contribution in [2.45, 2.75) is 53.0 Å². The van der Waals surface area contributed by atoms with E-state index in [2.05, 4.69) is 13.8 Å². The van der Waals surface area contributed by atoms with E-state index >= 15 is 0 Å². The Kier molecular flexibility index (Phi) is 6.36. The van der Waals surface area contributed by atoms with E-state index in [4.69, 9.17) is 10.00 Å². The summed E-state index contributed by atoms with van der Waals surface area (Å²) in [5.41, 5.74) is 0.311. The maximum atomic E-state index is 12.4. The Bertz CT molecular complexity index is 624. The molecule has 0 aliphatic heterocycles. The Hall–Kier alpha value is -2.09. The van der Waals surface area contributed by atoms with E-state index in [0.29, 0.717) is 12.5 Å². The first-order chi connectivity index (χ1) is 10.3. The Balaban J connectivity index is 3.10. The van der Waals surface area contributed by atoms with Crippen LogP contribution in [0.15, 0.2) is 16.9 Å². The second-order valence-electron chi connectivity index (χ2n) is 6.14. The Morgan fingerprint density at radius 3 is 2.41 bits per heavy atom. The molecule has 0 spiro atoms. The summed E-state index contributed by atoms with van der Waals surface area (Å²) in [4.78, 5) is 24.6. The second kappa shape index (κ2) is 7.79. The highest BCUT2D eigenvalue weighted by atomic mass is 16.5. The van der Waals surface area contributed by atoms with Crippen LogP contribution in [0.4, 0.5) is 0 Å². The maximum absolute atomic E-state index is 12.4. The van der Waals surface area contributed by atoms with Crippen molar-refractivity contribution >= 4 is 5.97 Å². The molecule has 1 aromatic rings. The lowest BCUT2D eigenvalue weighted by Crippen LogP contribution is -2.33. The summed E-state index contributed by atoms with van der Waals surface area (Å²) >= 11 is 0. The van der Waals surface area contributed by atoms with Crippen LogP contribution in [0.1, 0.15) is 64.3 Å². The first kappa shape index (κ1) is 18.0. The van der Waals surface area contributed by atoms with Crippen molar-refractivity contribution in [2.75, 3.05) is 6.61 Å². The van der Waals surface area contributed by atoms with Crippen LogP contribution in [-0.2, 0) is 9.53 Å². The maximum Gasteiger partial charge on any atom is 0.328 e. The van der Waals surface area contributed by atoms with Gasteiger partial charge in [-0.2, -0.15) is 5.26 Å². The van der Waals surface area contributed by atoms with Gasteiger partial charge in [0.05, 0.1) is 6.61 Å². The minimum absolute atomic E-state index is 0.0335. The molecule has 1 heterocycles. The summed E-state index contributed by atoms with van der Waals surface area (Å²) < 4.78 is 6.63. The Morgan fingerprint density at radius 1 is 1.27 bits per heavy atom. The van der Waals surface area contributed by atoms with Gasteiger partial charge >= 0.3 is 5.97 Å². The number of rotatable bonds is 6. The van der Waals surface area contributed by atoms with E-state index in [1.54, 1.807) is 13.0 Å². The van der Waals surface area contributed by atoms with Crippen molar-refractivity contribution in [1.82, 2.24) is 4.57 Å². The molecule has 0 fully saturated rings. The molecule has 0 aliphatic carbocycles. The number of carbonyl (C=O) groups is 1. The van der Waals surface area contributed by atoms with Gasteiger partial charge in [-0.15, -0.1) is 0 Å². The molecule has 1 unspecified atom stereocenters. The van der Waals surface area contributed by atoms with Gasteiger partial charge in [0.2, 0.25) is 0 Å². The van der Waals surface area contributed by atoms with E-state index in [9.17, 15) is 9.59 Å². The fraction of sp³-hybridized carbons (Fsp3) is 0.588. The summed E-state index contributed by atoms with van der Waals surface area (Å²) in [6.45, 7) is 9.95. The summed E-state index contributed by atoms with van der Waals surface area (Å²) in [5.74, 6) is 0.0602. The lowest BCUT2D eigenvalue weighted by atomic mass is 10.1. The minimum Gasteiger partial charge on any atom is -0.464 e. The van der Waals surface area contributed by atoms with E-state index in [1.165, 1.54) is 10.6 Å². The minimum atomic E-state index is -0.745. The zero-order valence-electron chi connectivity index (χ0n) is 13.9. The average molecular weight is 304 g/mol. The third-order valence-electron chi connectivity index (χ3n) is 3.53. The SMILES string of the molecule is CC(C)CCOC(=O)C(C)n1c(C(C)C)ccc(C#N)c1=O. The van der Waals surface area contributed by atoms with Crippen molar-refractivity contribution in [3.63, 3.8) is 0 Å². The molecule has 0 saturated carbocycles. The van der Waals surface area contributed by atoms with E-state index in [1.807, 2.05) is 19.9 Å². The van der Waals surface area contributed by atoms with Gasteiger partial charge in [0.15, 0.2) is 0 Å². The highest BCUT2D eigenvalue weighted by Gasteiger charge is 2.23. The molecule has 0 amide bonds. The number of hydrogen-bond acceptors (Lipinski definition) is 4. The van der Waals surface area contributed by atoms with Crippen molar-refractivity contribution in [3.05, 3.63) is 33.7 Å². The first-order valence-corrected chi connectivity index (χ1v) is 7.61. The van der Waals surface area contributed by atoms with Crippen LogP contribution in [0.5, 0.6) is 0 Å². The molecule has 0 aliphatic rings. The number of pyridine rings is 1.